The lowest BCUT2D eigenvalue weighted by atomic mass is 10.1. The first-order valence-corrected chi connectivity index (χ1v) is 6.86. The quantitative estimate of drug-likeness (QED) is 0.341. The lowest BCUT2D eigenvalue weighted by molar-refractivity contribution is 0.318. The molecule has 0 aliphatic heterocycles. The lowest BCUT2D eigenvalue weighted by Crippen LogP contribution is -2.18. The summed E-state index contributed by atoms with van der Waals surface area (Å²) in [4.78, 5) is 4.31. The minimum atomic E-state index is -0.481. The SMILES string of the molecule is Cc1csc(CNCc2cccc(/C(N)=N/O)c2F)n1. The fraction of sp³-hybridized carbons (Fsp3) is 0.231. The van der Waals surface area contributed by atoms with Crippen LogP contribution in [0.5, 0.6) is 0 Å². The Hall–Kier alpha value is -1.99. The van der Waals surface area contributed by atoms with Gasteiger partial charge in [-0.15, -0.1) is 11.3 Å². The van der Waals surface area contributed by atoms with Crippen molar-refractivity contribution in [3.63, 3.8) is 0 Å². The van der Waals surface area contributed by atoms with E-state index >= 15 is 0 Å². The minimum absolute atomic E-state index is 0.0943. The van der Waals surface area contributed by atoms with Crippen molar-refractivity contribution in [3.8, 4) is 0 Å². The average molecular weight is 294 g/mol. The zero-order chi connectivity index (χ0) is 14.5. The topological polar surface area (TPSA) is 83.5 Å². The lowest BCUT2D eigenvalue weighted by Gasteiger charge is -2.08. The Kier molecular flexibility index (Phi) is 4.65. The largest absolute Gasteiger partial charge is 0.409 e. The van der Waals surface area contributed by atoms with Crippen LogP contribution >= 0.6 is 11.3 Å². The highest BCUT2D eigenvalue weighted by molar-refractivity contribution is 7.09. The molecule has 2 aromatic rings. The van der Waals surface area contributed by atoms with E-state index in [-0.39, 0.29) is 11.4 Å². The number of nitrogens with zero attached hydrogens (tertiary/aromatic N) is 2. The van der Waals surface area contributed by atoms with Gasteiger partial charge in [-0.25, -0.2) is 9.37 Å². The second kappa shape index (κ2) is 6.44. The molecule has 0 radical (unpaired) electrons. The molecule has 0 saturated carbocycles. The molecule has 0 atom stereocenters. The predicted molar refractivity (Wildman–Crippen MR) is 76.3 cm³/mol. The fourth-order valence-electron chi connectivity index (χ4n) is 1.76. The van der Waals surface area contributed by atoms with Gasteiger partial charge in [-0.3, -0.25) is 0 Å². The monoisotopic (exact) mass is 294 g/mol. The van der Waals surface area contributed by atoms with Gasteiger partial charge in [0.25, 0.3) is 0 Å². The van der Waals surface area contributed by atoms with Crippen molar-refractivity contribution < 1.29 is 9.60 Å². The van der Waals surface area contributed by atoms with Gasteiger partial charge in [0.05, 0.1) is 5.56 Å². The maximum Gasteiger partial charge on any atom is 0.173 e. The highest BCUT2D eigenvalue weighted by Gasteiger charge is 2.11. The molecule has 0 spiro atoms. The van der Waals surface area contributed by atoms with E-state index in [4.69, 9.17) is 10.9 Å². The van der Waals surface area contributed by atoms with E-state index in [0.717, 1.165) is 10.7 Å². The zero-order valence-electron chi connectivity index (χ0n) is 10.9. The summed E-state index contributed by atoms with van der Waals surface area (Å²) in [5, 5.41) is 17.5. The molecule has 106 valence electrons. The molecule has 7 heteroatoms. The van der Waals surface area contributed by atoms with E-state index in [1.165, 1.54) is 6.07 Å². The maximum absolute atomic E-state index is 14.1. The first-order chi connectivity index (χ1) is 9.61. The normalized spacial score (nSPS) is 11.8. The molecule has 0 bridgehead atoms. The number of hydrogen-bond donors (Lipinski definition) is 3. The van der Waals surface area contributed by atoms with Crippen molar-refractivity contribution in [2.24, 2.45) is 10.9 Å². The number of thiazole rings is 1. The zero-order valence-corrected chi connectivity index (χ0v) is 11.7. The van der Waals surface area contributed by atoms with Gasteiger partial charge < -0.3 is 16.3 Å². The molecule has 1 heterocycles. The Morgan fingerprint density at radius 3 is 2.95 bits per heavy atom. The molecule has 0 aliphatic carbocycles. The third kappa shape index (κ3) is 3.31. The van der Waals surface area contributed by atoms with Crippen LogP contribution in [0.15, 0.2) is 28.7 Å². The van der Waals surface area contributed by atoms with E-state index < -0.39 is 5.82 Å². The first kappa shape index (κ1) is 14.4. The number of nitrogens with one attached hydrogen (secondary N) is 1. The van der Waals surface area contributed by atoms with E-state index in [1.807, 2.05) is 12.3 Å². The molecule has 4 N–H and O–H groups in total. The Labute approximate surface area is 120 Å². The minimum Gasteiger partial charge on any atom is -0.409 e. The summed E-state index contributed by atoms with van der Waals surface area (Å²) in [7, 11) is 0. The van der Waals surface area contributed by atoms with Crippen LogP contribution in [0.2, 0.25) is 0 Å². The second-order valence-electron chi connectivity index (χ2n) is 4.25. The summed E-state index contributed by atoms with van der Waals surface area (Å²) in [6.45, 7) is 2.85. The third-order valence-corrected chi connectivity index (χ3v) is 3.69. The summed E-state index contributed by atoms with van der Waals surface area (Å²) in [6, 6.07) is 4.79. The molecular formula is C13H15FN4OS. The number of halogens is 1. The number of aryl methyl sites for hydroxylation is 1. The van der Waals surface area contributed by atoms with Crippen LogP contribution in [0, 0.1) is 12.7 Å². The van der Waals surface area contributed by atoms with Crippen molar-refractivity contribution in [2.75, 3.05) is 0 Å². The fourth-order valence-corrected chi connectivity index (χ4v) is 2.50. The van der Waals surface area contributed by atoms with Crippen LogP contribution in [0.25, 0.3) is 0 Å². The van der Waals surface area contributed by atoms with Crippen LogP contribution in [-0.2, 0) is 13.1 Å². The number of benzene rings is 1. The van der Waals surface area contributed by atoms with Crippen LogP contribution in [0.4, 0.5) is 4.39 Å². The van der Waals surface area contributed by atoms with Crippen LogP contribution in [-0.4, -0.2) is 16.0 Å². The molecule has 5 nitrogen and oxygen atoms in total. The van der Waals surface area contributed by atoms with Gasteiger partial charge in [-0.05, 0) is 13.0 Å². The van der Waals surface area contributed by atoms with Crippen LogP contribution < -0.4 is 11.1 Å². The van der Waals surface area contributed by atoms with Gasteiger partial charge in [0.1, 0.15) is 10.8 Å². The number of oxime groups is 1. The number of hydrogen-bond acceptors (Lipinski definition) is 5. The number of amidine groups is 1. The van der Waals surface area contributed by atoms with Gasteiger partial charge in [0, 0.05) is 29.7 Å². The van der Waals surface area contributed by atoms with Gasteiger partial charge in [0.15, 0.2) is 5.84 Å². The maximum atomic E-state index is 14.1. The Balaban J connectivity index is 2.03. The molecule has 0 aliphatic rings. The van der Waals surface area contributed by atoms with E-state index in [2.05, 4.69) is 15.5 Å². The Bertz CT molecular complexity index is 627. The standard InChI is InChI=1S/C13H15FN4OS/c1-8-7-20-11(17-8)6-16-5-9-3-2-4-10(12(9)14)13(15)18-19/h2-4,7,16,19H,5-6H2,1H3,(H2,15,18). The smallest absolute Gasteiger partial charge is 0.173 e. The molecule has 2 rings (SSSR count). The third-order valence-electron chi connectivity index (χ3n) is 2.72. The molecule has 1 aromatic heterocycles. The van der Waals surface area contributed by atoms with Crippen molar-refractivity contribution in [1.82, 2.24) is 10.3 Å². The molecule has 20 heavy (non-hydrogen) atoms. The highest BCUT2D eigenvalue weighted by atomic mass is 32.1. The van der Waals surface area contributed by atoms with Crippen LogP contribution in [0.3, 0.4) is 0 Å². The molecule has 0 unspecified atom stereocenters. The molecule has 0 amide bonds. The molecule has 0 saturated heterocycles. The first-order valence-electron chi connectivity index (χ1n) is 5.99. The Morgan fingerprint density at radius 1 is 1.50 bits per heavy atom. The van der Waals surface area contributed by atoms with E-state index in [1.54, 1.807) is 23.5 Å². The van der Waals surface area contributed by atoms with E-state index in [9.17, 15) is 4.39 Å². The van der Waals surface area contributed by atoms with Crippen molar-refractivity contribution in [3.05, 3.63) is 51.2 Å². The van der Waals surface area contributed by atoms with Crippen molar-refractivity contribution in [2.45, 2.75) is 20.0 Å². The second-order valence-corrected chi connectivity index (χ2v) is 5.19. The molecular weight excluding hydrogens is 279 g/mol. The van der Waals surface area contributed by atoms with Crippen molar-refractivity contribution >= 4 is 17.2 Å². The van der Waals surface area contributed by atoms with Gasteiger partial charge in [0.2, 0.25) is 0 Å². The summed E-state index contributed by atoms with van der Waals surface area (Å²) in [6.07, 6.45) is 0. The van der Waals surface area contributed by atoms with Crippen LogP contribution in [0.1, 0.15) is 21.8 Å². The van der Waals surface area contributed by atoms with Gasteiger partial charge in [-0.2, -0.15) is 0 Å². The summed E-state index contributed by atoms with van der Waals surface area (Å²) in [5.41, 5.74) is 6.95. The summed E-state index contributed by atoms with van der Waals surface area (Å²) >= 11 is 1.56. The number of nitrogens with two attached hydrogens (primary N) is 1. The van der Waals surface area contributed by atoms with E-state index in [0.29, 0.717) is 18.7 Å². The Morgan fingerprint density at radius 2 is 2.30 bits per heavy atom. The summed E-state index contributed by atoms with van der Waals surface area (Å²) in [5.74, 6) is -0.717. The summed E-state index contributed by atoms with van der Waals surface area (Å²) < 4.78 is 14.1. The van der Waals surface area contributed by atoms with Gasteiger partial charge in [-0.1, -0.05) is 17.3 Å². The number of aromatic nitrogens is 1. The predicted octanol–water partition coefficient (Wildman–Crippen LogP) is 1.97. The number of rotatable bonds is 5. The highest BCUT2D eigenvalue weighted by Crippen LogP contribution is 2.13. The average Bonchev–Trinajstić information content (AvgIpc) is 2.85. The molecule has 0 fully saturated rings. The molecule has 1 aromatic carbocycles. The van der Waals surface area contributed by atoms with Gasteiger partial charge >= 0.3 is 0 Å². The van der Waals surface area contributed by atoms with Crippen molar-refractivity contribution in [1.29, 1.82) is 0 Å².